The first-order chi connectivity index (χ1) is 9.19. The number of ether oxygens (including phenoxy) is 2. The zero-order chi connectivity index (χ0) is 13.8. The van der Waals surface area contributed by atoms with E-state index in [2.05, 4.69) is 10.1 Å². The topological polar surface area (TPSA) is 75.2 Å². The Morgan fingerprint density at radius 2 is 2.05 bits per heavy atom. The fourth-order valence-corrected chi connectivity index (χ4v) is 1.86. The molecule has 0 aliphatic carbocycles. The third-order valence-corrected chi connectivity index (χ3v) is 2.87. The van der Waals surface area contributed by atoms with E-state index in [1.165, 1.54) is 0 Å². The molecular weight excluding hydrogens is 244 g/mol. The predicted molar refractivity (Wildman–Crippen MR) is 72.3 cm³/mol. The lowest BCUT2D eigenvalue weighted by molar-refractivity contribution is 0.395. The number of aromatic nitrogens is 3. The van der Waals surface area contributed by atoms with E-state index in [-0.39, 0.29) is 0 Å². The maximum Gasteiger partial charge on any atom is 0.185 e. The lowest BCUT2D eigenvalue weighted by atomic mass is 10.2. The van der Waals surface area contributed by atoms with Gasteiger partial charge in [-0.15, -0.1) is 0 Å². The molecule has 6 heteroatoms. The quantitative estimate of drug-likeness (QED) is 0.870. The van der Waals surface area contributed by atoms with Crippen LogP contribution < -0.4 is 15.2 Å². The van der Waals surface area contributed by atoms with Crippen LogP contribution in [-0.4, -0.2) is 35.5 Å². The van der Waals surface area contributed by atoms with Gasteiger partial charge in [0.15, 0.2) is 5.82 Å². The lowest BCUT2D eigenvalue weighted by Gasteiger charge is -2.07. The van der Waals surface area contributed by atoms with Gasteiger partial charge in [0.2, 0.25) is 0 Å². The first-order valence-electron chi connectivity index (χ1n) is 6.02. The van der Waals surface area contributed by atoms with Crippen LogP contribution >= 0.6 is 0 Å². The summed E-state index contributed by atoms with van der Waals surface area (Å²) < 4.78 is 12.3. The zero-order valence-corrected chi connectivity index (χ0v) is 11.4. The molecule has 2 aromatic rings. The molecule has 1 aromatic heterocycles. The normalized spacial score (nSPS) is 10.5. The van der Waals surface area contributed by atoms with Crippen molar-refractivity contribution in [2.24, 2.45) is 12.8 Å². The number of methoxy groups -OCH3 is 2. The minimum absolute atomic E-state index is 0.547. The summed E-state index contributed by atoms with van der Waals surface area (Å²) in [6.07, 6.45) is 0.696. The van der Waals surface area contributed by atoms with Crippen molar-refractivity contribution in [2.45, 2.75) is 6.42 Å². The second kappa shape index (κ2) is 5.71. The van der Waals surface area contributed by atoms with Crippen molar-refractivity contribution < 1.29 is 9.47 Å². The Bertz CT molecular complexity index is 566. The van der Waals surface area contributed by atoms with Crippen molar-refractivity contribution >= 4 is 0 Å². The predicted octanol–water partition coefficient (Wildman–Crippen LogP) is 1.00. The van der Waals surface area contributed by atoms with E-state index in [1.807, 2.05) is 25.2 Å². The van der Waals surface area contributed by atoms with Crippen molar-refractivity contribution in [1.29, 1.82) is 0 Å². The molecule has 0 aliphatic rings. The van der Waals surface area contributed by atoms with Gasteiger partial charge in [0.25, 0.3) is 0 Å². The fourth-order valence-electron chi connectivity index (χ4n) is 1.86. The van der Waals surface area contributed by atoms with Crippen molar-refractivity contribution in [3.05, 3.63) is 24.0 Å². The van der Waals surface area contributed by atoms with Crippen LogP contribution in [0.4, 0.5) is 0 Å². The van der Waals surface area contributed by atoms with Gasteiger partial charge < -0.3 is 15.2 Å². The summed E-state index contributed by atoms with van der Waals surface area (Å²) in [5.74, 6) is 2.91. The van der Waals surface area contributed by atoms with Crippen LogP contribution in [0.3, 0.4) is 0 Å². The van der Waals surface area contributed by atoms with E-state index in [9.17, 15) is 0 Å². The second-order valence-corrected chi connectivity index (χ2v) is 4.08. The monoisotopic (exact) mass is 262 g/mol. The van der Waals surface area contributed by atoms with Gasteiger partial charge in [-0.1, -0.05) is 0 Å². The first-order valence-corrected chi connectivity index (χ1v) is 6.02. The van der Waals surface area contributed by atoms with Crippen LogP contribution in [0.25, 0.3) is 11.4 Å². The van der Waals surface area contributed by atoms with Crippen molar-refractivity contribution in [3.8, 4) is 22.9 Å². The van der Waals surface area contributed by atoms with E-state index in [0.29, 0.717) is 24.5 Å². The minimum Gasteiger partial charge on any atom is -0.497 e. The molecule has 0 spiro atoms. The molecule has 2 N–H and O–H groups in total. The third kappa shape index (κ3) is 2.68. The average Bonchev–Trinajstić information content (AvgIpc) is 2.79. The highest BCUT2D eigenvalue weighted by Gasteiger charge is 2.14. The molecule has 1 aromatic carbocycles. The van der Waals surface area contributed by atoms with Gasteiger partial charge in [0, 0.05) is 19.5 Å². The molecule has 0 radical (unpaired) electrons. The molecular formula is C13H18N4O2. The molecule has 6 nitrogen and oxygen atoms in total. The summed E-state index contributed by atoms with van der Waals surface area (Å²) in [7, 11) is 5.09. The molecule has 19 heavy (non-hydrogen) atoms. The zero-order valence-electron chi connectivity index (χ0n) is 11.4. The van der Waals surface area contributed by atoms with Crippen LogP contribution in [0.5, 0.6) is 11.5 Å². The number of nitrogens with two attached hydrogens (primary N) is 1. The SMILES string of the molecule is COc1ccc(-c2nc(CCN)n(C)n2)c(OC)c1. The lowest BCUT2D eigenvalue weighted by Crippen LogP contribution is -2.08. The van der Waals surface area contributed by atoms with Gasteiger partial charge in [0.05, 0.1) is 19.8 Å². The van der Waals surface area contributed by atoms with Crippen LogP contribution in [0, 0.1) is 0 Å². The van der Waals surface area contributed by atoms with E-state index in [0.717, 1.165) is 17.1 Å². The molecule has 1 heterocycles. The van der Waals surface area contributed by atoms with Crippen molar-refractivity contribution in [1.82, 2.24) is 14.8 Å². The standard InChI is InChI=1S/C13H18N4O2/c1-17-12(6-7-14)15-13(16-17)10-5-4-9(18-2)8-11(10)19-3/h4-5,8H,6-7,14H2,1-3H3. The third-order valence-electron chi connectivity index (χ3n) is 2.87. The minimum atomic E-state index is 0.547. The Hall–Kier alpha value is -2.08. The Balaban J connectivity index is 2.43. The molecule has 0 bridgehead atoms. The average molecular weight is 262 g/mol. The van der Waals surface area contributed by atoms with Crippen LogP contribution in [0.15, 0.2) is 18.2 Å². The summed E-state index contributed by atoms with van der Waals surface area (Å²) >= 11 is 0. The first kappa shape index (κ1) is 13.4. The summed E-state index contributed by atoms with van der Waals surface area (Å²) in [6, 6.07) is 5.56. The summed E-state index contributed by atoms with van der Waals surface area (Å²) in [6.45, 7) is 0.547. The highest BCUT2D eigenvalue weighted by atomic mass is 16.5. The number of nitrogens with zero attached hydrogens (tertiary/aromatic N) is 3. The Labute approximate surface area is 112 Å². The molecule has 102 valence electrons. The molecule has 0 saturated carbocycles. The van der Waals surface area contributed by atoms with Crippen molar-refractivity contribution in [3.63, 3.8) is 0 Å². The van der Waals surface area contributed by atoms with Crippen molar-refractivity contribution in [2.75, 3.05) is 20.8 Å². The van der Waals surface area contributed by atoms with Gasteiger partial charge in [-0.3, -0.25) is 4.68 Å². The van der Waals surface area contributed by atoms with Crippen LogP contribution in [-0.2, 0) is 13.5 Å². The van der Waals surface area contributed by atoms with Gasteiger partial charge in [-0.2, -0.15) is 5.10 Å². The van der Waals surface area contributed by atoms with Crippen LogP contribution in [0.1, 0.15) is 5.82 Å². The Morgan fingerprint density at radius 1 is 1.26 bits per heavy atom. The summed E-state index contributed by atoms with van der Waals surface area (Å²) in [4.78, 5) is 4.48. The molecule has 0 fully saturated rings. The number of hydrogen-bond donors (Lipinski definition) is 1. The number of hydrogen-bond acceptors (Lipinski definition) is 5. The van der Waals surface area contributed by atoms with E-state index >= 15 is 0 Å². The largest absolute Gasteiger partial charge is 0.497 e. The van der Waals surface area contributed by atoms with Gasteiger partial charge >= 0.3 is 0 Å². The fraction of sp³-hybridized carbons (Fsp3) is 0.385. The molecule has 0 aliphatic heterocycles. The number of rotatable bonds is 5. The number of benzene rings is 1. The smallest absolute Gasteiger partial charge is 0.185 e. The summed E-state index contributed by atoms with van der Waals surface area (Å²) in [5, 5.41) is 4.39. The summed E-state index contributed by atoms with van der Waals surface area (Å²) in [5.41, 5.74) is 6.38. The van der Waals surface area contributed by atoms with Gasteiger partial charge in [-0.25, -0.2) is 4.98 Å². The van der Waals surface area contributed by atoms with E-state index in [1.54, 1.807) is 18.9 Å². The maximum atomic E-state index is 5.55. The van der Waals surface area contributed by atoms with E-state index < -0.39 is 0 Å². The van der Waals surface area contributed by atoms with Gasteiger partial charge in [0.1, 0.15) is 17.3 Å². The highest BCUT2D eigenvalue weighted by molar-refractivity contribution is 5.65. The number of aryl methyl sites for hydroxylation is 1. The molecule has 0 atom stereocenters. The molecule has 2 rings (SSSR count). The second-order valence-electron chi connectivity index (χ2n) is 4.08. The Morgan fingerprint density at radius 3 is 2.68 bits per heavy atom. The van der Waals surface area contributed by atoms with Gasteiger partial charge in [-0.05, 0) is 18.7 Å². The Kier molecular flexibility index (Phi) is 4.01. The highest BCUT2D eigenvalue weighted by Crippen LogP contribution is 2.31. The van der Waals surface area contributed by atoms with E-state index in [4.69, 9.17) is 15.2 Å². The molecule has 0 saturated heterocycles. The maximum absolute atomic E-state index is 5.55. The van der Waals surface area contributed by atoms with Crippen LogP contribution in [0.2, 0.25) is 0 Å². The molecule has 0 amide bonds. The molecule has 0 unspecified atom stereocenters.